The Kier molecular flexibility index (Phi) is 2.99. The van der Waals surface area contributed by atoms with Gasteiger partial charge < -0.3 is 11.1 Å². The number of carbonyl (C=O) groups is 1. The number of nitrogens with two attached hydrogens (primary N) is 1. The number of nitrogens with one attached hydrogen (secondary N) is 1. The van der Waals surface area contributed by atoms with Crippen LogP contribution in [0.3, 0.4) is 0 Å². The zero-order valence-corrected chi connectivity index (χ0v) is 11.8. The fraction of sp³-hybridized carbons (Fsp3) is 0.308. The second-order valence-electron chi connectivity index (χ2n) is 4.74. The Morgan fingerprint density at radius 3 is 2.74 bits per heavy atom. The Morgan fingerprint density at radius 2 is 2.16 bits per heavy atom. The Labute approximate surface area is 120 Å². The van der Waals surface area contributed by atoms with Crippen LogP contribution in [0.5, 0.6) is 0 Å². The van der Waals surface area contributed by atoms with Crippen molar-refractivity contribution in [2.24, 2.45) is 11.1 Å². The molecule has 0 bridgehead atoms. The average molecular weight is 291 g/mol. The quantitative estimate of drug-likeness (QED) is 0.853. The number of nitrogens with zero attached hydrogens (tertiary/aromatic N) is 1. The fourth-order valence-electron chi connectivity index (χ4n) is 2.26. The van der Waals surface area contributed by atoms with Gasteiger partial charge in [-0.15, -0.1) is 0 Å². The van der Waals surface area contributed by atoms with Gasteiger partial charge in [0.1, 0.15) is 0 Å². The first-order valence-electron chi connectivity index (χ1n) is 6.09. The van der Waals surface area contributed by atoms with Crippen LogP contribution in [-0.4, -0.2) is 15.9 Å². The molecular weight excluding hydrogens is 278 g/mol. The Bertz CT molecular complexity index is 628. The number of fused-ring (bicyclic) bond motifs is 1. The standard InChI is InChI=1S/C13H13N3OS2/c14-10(18)13(6-3-7-13)11(17)16-12-15-8-4-1-2-5-9(8)19-12/h1-2,4-5H,3,6-7H2,(H2,14,18)(H,15,16,17). The summed E-state index contributed by atoms with van der Waals surface area (Å²) < 4.78 is 1.05. The molecule has 3 N–H and O–H groups in total. The summed E-state index contributed by atoms with van der Waals surface area (Å²) in [6.45, 7) is 0. The van der Waals surface area contributed by atoms with Crippen LogP contribution in [0.15, 0.2) is 24.3 Å². The molecule has 98 valence electrons. The molecule has 0 radical (unpaired) electrons. The monoisotopic (exact) mass is 291 g/mol. The number of amides is 1. The summed E-state index contributed by atoms with van der Waals surface area (Å²) in [5.74, 6) is -0.120. The largest absolute Gasteiger partial charge is 0.392 e. The lowest BCUT2D eigenvalue weighted by atomic mass is 9.68. The minimum Gasteiger partial charge on any atom is -0.392 e. The van der Waals surface area contributed by atoms with Crippen LogP contribution < -0.4 is 11.1 Å². The highest BCUT2D eigenvalue weighted by molar-refractivity contribution is 7.80. The van der Waals surface area contributed by atoms with Crippen LogP contribution >= 0.6 is 23.6 Å². The maximum atomic E-state index is 12.3. The molecule has 0 spiro atoms. The summed E-state index contributed by atoms with van der Waals surface area (Å²) in [6, 6.07) is 7.79. The van der Waals surface area contributed by atoms with Crippen molar-refractivity contribution in [1.82, 2.24) is 4.98 Å². The van der Waals surface area contributed by atoms with Crippen molar-refractivity contribution in [2.75, 3.05) is 5.32 Å². The van der Waals surface area contributed by atoms with Gasteiger partial charge in [0.15, 0.2) is 5.13 Å². The molecule has 6 heteroatoms. The molecule has 1 amide bonds. The third-order valence-corrected chi connectivity index (χ3v) is 4.97. The van der Waals surface area contributed by atoms with Gasteiger partial charge in [-0.25, -0.2) is 4.98 Å². The highest BCUT2D eigenvalue weighted by Gasteiger charge is 2.47. The van der Waals surface area contributed by atoms with Crippen molar-refractivity contribution in [3.05, 3.63) is 24.3 Å². The predicted octanol–water partition coefficient (Wildman–Crippen LogP) is 2.69. The second-order valence-corrected chi connectivity index (χ2v) is 6.21. The van der Waals surface area contributed by atoms with Gasteiger partial charge in [-0.2, -0.15) is 0 Å². The third-order valence-electron chi connectivity index (χ3n) is 3.63. The van der Waals surface area contributed by atoms with Gasteiger partial charge in [0.25, 0.3) is 0 Å². The van der Waals surface area contributed by atoms with Gasteiger partial charge in [-0.3, -0.25) is 4.79 Å². The molecular formula is C13H13N3OS2. The molecule has 0 atom stereocenters. The van der Waals surface area contributed by atoms with E-state index in [0.717, 1.165) is 29.5 Å². The van der Waals surface area contributed by atoms with E-state index >= 15 is 0 Å². The van der Waals surface area contributed by atoms with E-state index in [-0.39, 0.29) is 10.9 Å². The molecule has 1 aliphatic carbocycles. The number of aromatic nitrogens is 1. The number of thiazole rings is 1. The summed E-state index contributed by atoms with van der Waals surface area (Å²) in [5, 5.41) is 3.46. The number of benzene rings is 1. The van der Waals surface area contributed by atoms with E-state index in [1.807, 2.05) is 24.3 Å². The van der Waals surface area contributed by atoms with Gasteiger partial charge >= 0.3 is 0 Å². The number of thiocarbonyl (C=S) groups is 1. The van der Waals surface area contributed by atoms with E-state index in [9.17, 15) is 4.79 Å². The zero-order valence-electron chi connectivity index (χ0n) is 10.2. The van der Waals surface area contributed by atoms with Gasteiger partial charge in [0, 0.05) is 0 Å². The summed E-state index contributed by atoms with van der Waals surface area (Å²) >= 11 is 6.50. The molecule has 1 fully saturated rings. The maximum absolute atomic E-state index is 12.3. The molecule has 0 saturated heterocycles. The maximum Gasteiger partial charge on any atom is 0.239 e. The number of hydrogen-bond acceptors (Lipinski definition) is 4. The van der Waals surface area contributed by atoms with E-state index in [4.69, 9.17) is 18.0 Å². The second kappa shape index (κ2) is 4.54. The van der Waals surface area contributed by atoms with E-state index < -0.39 is 5.41 Å². The first-order chi connectivity index (χ1) is 9.12. The SMILES string of the molecule is NC(=S)C1(C(=O)Nc2nc3ccccc3s2)CCC1. The molecule has 1 aliphatic rings. The predicted molar refractivity (Wildman–Crippen MR) is 81.3 cm³/mol. The van der Waals surface area contributed by atoms with E-state index in [1.54, 1.807) is 0 Å². The van der Waals surface area contributed by atoms with Crippen LogP contribution in [0.25, 0.3) is 10.2 Å². The van der Waals surface area contributed by atoms with Crippen molar-refractivity contribution in [3.63, 3.8) is 0 Å². The van der Waals surface area contributed by atoms with Crippen molar-refractivity contribution in [2.45, 2.75) is 19.3 Å². The van der Waals surface area contributed by atoms with Crippen molar-refractivity contribution in [1.29, 1.82) is 0 Å². The smallest absolute Gasteiger partial charge is 0.239 e. The molecule has 1 aromatic carbocycles. The number of rotatable bonds is 3. The summed E-state index contributed by atoms with van der Waals surface area (Å²) in [4.78, 5) is 17.0. The number of carbonyl (C=O) groups excluding carboxylic acids is 1. The van der Waals surface area contributed by atoms with Crippen LogP contribution in [-0.2, 0) is 4.79 Å². The molecule has 19 heavy (non-hydrogen) atoms. The van der Waals surface area contributed by atoms with E-state index in [2.05, 4.69) is 10.3 Å². The van der Waals surface area contributed by atoms with Gasteiger partial charge in [-0.1, -0.05) is 42.1 Å². The highest BCUT2D eigenvalue weighted by Crippen LogP contribution is 2.42. The van der Waals surface area contributed by atoms with E-state index in [0.29, 0.717) is 5.13 Å². The first-order valence-corrected chi connectivity index (χ1v) is 7.31. The van der Waals surface area contributed by atoms with Crippen LogP contribution in [0.1, 0.15) is 19.3 Å². The minimum absolute atomic E-state index is 0.120. The summed E-state index contributed by atoms with van der Waals surface area (Å²) in [7, 11) is 0. The lowest BCUT2D eigenvalue weighted by molar-refractivity contribution is -0.125. The average Bonchev–Trinajstić information content (AvgIpc) is 2.68. The number of hydrogen-bond donors (Lipinski definition) is 2. The van der Waals surface area contributed by atoms with Gasteiger partial charge in [-0.05, 0) is 25.0 Å². The molecule has 0 aliphatic heterocycles. The lowest BCUT2D eigenvalue weighted by Gasteiger charge is -2.38. The van der Waals surface area contributed by atoms with Crippen molar-refractivity contribution >= 4 is 49.8 Å². The Hall–Kier alpha value is -1.53. The highest BCUT2D eigenvalue weighted by atomic mass is 32.1. The van der Waals surface area contributed by atoms with Crippen LogP contribution in [0.2, 0.25) is 0 Å². The van der Waals surface area contributed by atoms with Crippen molar-refractivity contribution < 1.29 is 4.79 Å². The minimum atomic E-state index is -0.660. The molecule has 3 rings (SSSR count). The fourth-order valence-corrected chi connectivity index (χ4v) is 3.42. The number of anilines is 1. The molecule has 0 unspecified atom stereocenters. The van der Waals surface area contributed by atoms with Gasteiger partial charge in [0.2, 0.25) is 5.91 Å². The molecule has 4 nitrogen and oxygen atoms in total. The Balaban J connectivity index is 1.84. The molecule has 1 saturated carbocycles. The third kappa shape index (κ3) is 2.01. The molecule has 2 aromatic rings. The molecule has 1 aromatic heterocycles. The Morgan fingerprint density at radius 1 is 1.42 bits per heavy atom. The zero-order chi connectivity index (χ0) is 13.5. The molecule has 1 heterocycles. The van der Waals surface area contributed by atoms with Crippen LogP contribution in [0.4, 0.5) is 5.13 Å². The lowest BCUT2D eigenvalue weighted by Crippen LogP contribution is -2.50. The topological polar surface area (TPSA) is 68.0 Å². The van der Waals surface area contributed by atoms with E-state index in [1.165, 1.54) is 11.3 Å². The summed E-state index contributed by atoms with van der Waals surface area (Å²) in [5.41, 5.74) is 5.95. The first kappa shape index (κ1) is 12.5. The van der Waals surface area contributed by atoms with Gasteiger partial charge in [0.05, 0.1) is 20.6 Å². The number of para-hydroxylation sites is 1. The normalized spacial score (nSPS) is 16.8. The van der Waals surface area contributed by atoms with Crippen LogP contribution in [0, 0.1) is 5.41 Å². The summed E-state index contributed by atoms with van der Waals surface area (Å²) in [6.07, 6.45) is 2.46. The van der Waals surface area contributed by atoms with Crippen molar-refractivity contribution in [3.8, 4) is 0 Å².